The molecule has 222 valence electrons. The molecule has 3 aromatic carbocycles. The van der Waals surface area contributed by atoms with E-state index in [0.29, 0.717) is 53.5 Å². The standard InChI is InChI=1S/C32H28Cl2N2O6S/c1-5-41-31(38)28-18(2)35-32-36(29(28)19-10-12-25(39-3)26(15-19)40-4)30(37)27(43-32)16-21-14-22(33)11-13-24(21)42-17-20-8-6-7-9-23(20)34/h6-16,29H,5,17H2,1-4H3/b27-16+. The van der Waals surface area contributed by atoms with Crippen LogP contribution in [0, 0.1) is 0 Å². The molecule has 1 aliphatic rings. The molecule has 1 unspecified atom stereocenters. The number of carbonyl (C=O) groups excluding carboxylic acids is 1. The first-order chi connectivity index (χ1) is 20.7. The molecule has 4 aromatic rings. The molecule has 0 saturated carbocycles. The Bertz CT molecular complexity index is 1910. The van der Waals surface area contributed by atoms with Crippen molar-refractivity contribution in [3.8, 4) is 17.2 Å². The number of allylic oxidation sites excluding steroid dienone is 1. The highest BCUT2D eigenvalue weighted by Crippen LogP contribution is 2.36. The van der Waals surface area contributed by atoms with E-state index in [2.05, 4.69) is 4.99 Å². The van der Waals surface area contributed by atoms with Gasteiger partial charge in [-0.1, -0.05) is 58.8 Å². The SMILES string of the molecule is CCOC(=O)C1=C(C)N=c2s/c(=C/c3cc(Cl)ccc3OCc3ccccc3Cl)c(=O)n2C1c1ccc(OC)c(OC)c1. The average Bonchev–Trinajstić information content (AvgIpc) is 3.30. The minimum absolute atomic E-state index is 0.171. The molecule has 11 heteroatoms. The number of nitrogens with zero attached hydrogens (tertiary/aromatic N) is 2. The molecule has 0 aliphatic carbocycles. The van der Waals surface area contributed by atoms with Gasteiger partial charge in [-0.25, -0.2) is 9.79 Å². The van der Waals surface area contributed by atoms with E-state index in [9.17, 15) is 9.59 Å². The highest BCUT2D eigenvalue weighted by atomic mass is 35.5. The summed E-state index contributed by atoms with van der Waals surface area (Å²) in [5.74, 6) is 0.944. The Morgan fingerprint density at radius 2 is 1.77 bits per heavy atom. The van der Waals surface area contributed by atoms with Crippen LogP contribution in [-0.2, 0) is 16.1 Å². The van der Waals surface area contributed by atoms with E-state index in [-0.39, 0.29) is 24.3 Å². The van der Waals surface area contributed by atoms with Gasteiger partial charge >= 0.3 is 5.97 Å². The van der Waals surface area contributed by atoms with Crippen molar-refractivity contribution in [3.05, 3.63) is 118 Å². The summed E-state index contributed by atoms with van der Waals surface area (Å²) >= 11 is 13.9. The second-order valence-electron chi connectivity index (χ2n) is 9.48. The van der Waals surface area contributed by atoms with Crippen LogP contribution in [0.4, 0.5) is 0 Å². The number of rotatable bonds is 9. The molecule has 43 heavy (non-hydrogen) atoms. The maximum atomic E-state index is 14.1. The molecular weight excluding hydrogens is 611 g/mol. The zero-order chi connectivity index (χ0) is 30.7. The van der Waals surface area contributed by atoms with Crippen molar-refractivity contribution in [1.82, 2.24) is 4.57 Å². The lowest BCUT2D eigenvalue weighted by Gasteiger charge is -2.25. The molecule has 0 fully saturated rings. The van der Waals surface area contributed by atoms with Gasteiger partial charge in [-0.05, 0) is 61.9 Å². The van der Waals surface area contributed by atoms with Gasteiger partial charge in [0.05, 0.1) is 42.7 Å². The normalized spacial score (nSPS) is 14.7. The highest BCUT2D eigenvalue weighted by Gasteiger charge is 2.34. The predicted octanol–water partition coefficient (Wildman–Crippen LogP) is 5.70. The number of esters is 1. The number of ether oxygens (including phenoxy) is 4. The molecule has 1 atom stereocenters. The number of hydrogen-bond acceptors (Lipinski definition) is 8. The molecule has 0 N–H and O–H groups in total. The number of benzene rings is 3. The van der Waals surface area contributed by atoms with Gasteiger partial charge in [-0.3, -0.25) is 9.36 Å². The number of fused-ring (bicyclic) bond motifs is 1. The summed E-state index contributed by atoms with van der Waals surface area (Å²) in [6, 6.07) is 17.1. The van der Waals surface area contributed by atoms with Crippen molar-refractivity contribution in [1.29, 1.82) is 0 Å². The Labute approximate surface area is 262 Å². The number of halogens is 2. The van der Waals surface area contributed by atoms with Crippen LogP contribution in [-0.4, -0.2) is 31.4 Å². The first-order valence-electron chi connectivity index (χ1n) is 13.3. The molecule has 0 bridgehead atoms. The average molecular weight is 640 g/mol. The zero-order valence-corrected chi connectivity index (χ0v) is 26.2. The number of methoxy groups -OCH3 is 2. The molecule has 0 saturated heterocycles. The van der Waals surface area contributed by atoms with E-state index in [1.54, 1.807) is 62.4 Å². The quantitative estimate of drug-likeness (QED) is 0.219. The van der Waals surface area contributed by atoms with Crippen LogP contribution in [0.25, 0.3) is 6.08 Å². The summed E-state index contributed by atoms with van der Waals surface area (Å²) in [5.41, 5.74) is 2.44. The van der Waals surface area contributed by atoms with Crippen LogP contribution in [0.15, 0.2) is 81.7 Å². The third-order valence-corrected chi connectivity index (χ3v) is 8.43. The summed E-state index contributed by atoms with van der Waals surface area (Å²) in [6.07, 6.45) is 1.71. The molecule has 0 radical (unpaired) electrons. The van der Waals surface area contributed by atoms with Gasteiger partial charge in [-0.2, -0.15) is 0 Å². The molecule has 0 amide bonds. The number of aromatic nitrogens is 1. The van der Waals surface area contributed by atoms with Crippen LogP contribution in [0.1, 0.15) is 36.6 Å². The lowest BCUT2D eigenvalue weighted by atomic mass is 9.95. The predicted molar refractivity (Wildman–Crippen MR) is 167 cm³/mol. The fourth-order valence-corrected chi connectivity index (χ4v) is 6.21. The summed E-state index contributed by atoms with van der Waals surface area (Å²) in [4.78, 5) is 32.4. The van der Waals surface area contributed by atoms with E-state index in [0.717, 1.165) is 5.56 Å². The smallest absolute Gasteiger partial charge is 0.338 e. The van der Waals surface area contributed by atoms with Crippen molar-refractivity contribution in [2.45, 2.75) is 26.5 Å². The summed E-state index contributed by atoms with van der Waals surface area (Å²) in [6.45, 7) is 3.86. The minimum atomic E-state index is -0.812. The molecule has 1 aromatic heterocycles. The maximum absolute atomic E-state index is 14.1. The fraction of sp³-hybridized carbons (Fsp3) is 0.219. The van der Waals surface area contributed by atoms with E-state index in [1.807, 2.05) is 18.2 Å². The van der Waals surface area contributed by atoms with Crippen LogP contribution in [0.2, 0.25) is 10.0 Å². The molecule has 8 nitrogen and oxygen atoms in total. The number of hydrogen-bond donors (Lipinski definition) is 0. The van der Waals surface area contributed by atoms with E-state index in [1.165, 1.54) is 30.1 Å². The third-order valence-electron chi connectivity index (χ3n) is 6.84. The van der Waals surface area contributed by atoms with Gasteiger partial charge in [0.1, 0.15) is 12.4 Å². The first-order valence-corrected chi connectivity index (χ1v) is 14.9. The molecule has 1 aliphatic heterocycles. The van der Waals surface area contributed by atoms with Crippen LogP contribution < -0.4 is 29.1 Å². The van der Waals surface area contributed by atoms with Crippen LogP contribution >= 0.6 is 34.5 Å². The van der Waals surface area contributed by atoms with Gasteiger partial charge in [0.15, 0.2) is 16.3 Å². The lowest BCUT2D eigenvalue weighted by molar-refractivity contribution is -0.139. The topological polar surface area (TPSA) is 88.4 Å². The molecule has 2 heterocycles. The van der Waals surface area contributed by atoms with Gasteiger partial charge in [0.2, 0.25) is 0 Å². The second-order valence-corrected chi connectivity index (χ2v) is 11.3. The Balaban J connectivity index is 1.65. The maximum Gasteiger partial charge on any atom is 0.338 e. The van der Waals surface area contributed by atoms with Gasteiger partial charge in [0.25, 0.3) is 5.56 Å². The summed E-state index contributed by atoms with van der Waals surface area (Å²) in [7, 11) is 3.06. The van der Waals surface area contributed by atoms with E-state index < -0.39 is 12.0 Å². The summed E-state index contributed by atoms with van der Waals surface area (Å²) < 4.78 is 24.3. The van der Waals surface area contributed by atoms with Crippen molar-refractivity contribution in [2.24, 2.45) is 4.99 Å². The summed E-state index contributed by atoms with van der Waals surface area (Å²) in [5, 5.41) is 1.07. The number of thiazole rings is 1. The zero-order valence-electron chi connectivity index (χ0n) is 23.9. The second kappa shape index (κ2) is 13.1. The van der Waals surface area contributed by atoms with Crippen LogP contribution in [0.3, 0.4) is 0 Å². The molecule has 5 rings (SSSR count). The Morgan fingerprint density at radius 1 is 1.02 bits per heavy atom. The minimum Gasteiger partial charge on any atom is -0.493 e. The largest absolute Gasteiger partial charge is 0.493 e. The van der Waals surface area contributed by atoms with E-state index in [4.69, 9.17) is 42.1 Å². The fourth-order valence-electron chi connectivity index (χ4n) is 4.81. The van der Waals surface area contributed by atoms with Gasteiger partial charge < -0.3 is 18.9 Å². The van der Waals surface area contributed by atoms with Gasteiger partial charge in [-0.15, -0.1) is 0 Å². The Kier molecular flexibility index (Phi) is 9.25. The third kappa shape index (κ3) is 6.20. The lowest BCUT2D eigenvalue weighted by Crippen LogP contribution is -2.40. The highest BCUT2D eigenvalue weighted by molar-refractivity contribution is 7.07. The van der Waals surface area contributed by atoms with Crippen molar-refractivity contribution in [3.63, 3.8) is 0 Å². The monoisotopic (exact) mass is 638 g/mol. The molecule has 0 spiro atoms. The Hall–Kier alpha value is -4.05. The van der Waals surface area contributed by atoms with Crippen molar-refractivity contribution in [2.75, 3.05) is 20.8 Å². The Morgan fingerprint density at radius 3 is 2.49 bits per heavy atom. The van der Waals surface area contributed by atoms with Crippen molar-refractivity contribution < 1.29 is 23.7 Å². The van der Waals surface area contributed by atoms with Crippen LogP contribution in [0.5, 0.6) is 17.2 Å². The van der Waals surface area contributed by atoms with Crippen molar-refractivity contribution >= 4 is 46.6 Å². The molecular formula is C32H28Cl2N2O6S. The number of carbonyl (C=O) groups is 1. The first kappa shape index (κ1) is 30.4. The van der Waals surface area contributed by atoms with Gasteiger partial charge in [0, 0.05) is 21.2 Å². The van der Waals surface area contributed by atoms with E-state index >= 15 is 0 Å².